The molecule has 0 saturated heterocycles. The molecule has 0 radical (unpaired) electrons. The number of Topliss-reactive ketones (excluding diaryl/α,β-unsaturated/α-hetero) is 1. The zero-order valence-corrected chi connectivity index (χ0v) is 11.3. The average molecular weight is 303 g/mol. The van der Waals surface area contributed by atoms with Gasteiger partial charge in [-0.05, 0) is 32.0 Å². The number of carbonyl (C=O) groups is 2. The summed E-state index contributed by atoms with van der Waals surface area (Å²) in [6, 6.07) is 4.04. The molecule has 0 atom stereocenters. The standard InChI is InChI=1S/C12H12BrFO3/c1-7(15)17-12(2,3)11(16)9-6-8(13)4-5-10(9)14/h4-6H,1-3H3. The Labute approximate surface area is 107 Å². The second kappa shape index (κ2) is 4.96. The van der Waals surface area contributed by atoms with Crippen LogP contribution in [0.5, 0.6) is 0 Å². The highest BCUT2D eigenvalue weighted by Gasteiger charge is 2.33. The van der Waals surface area contributed by atoms with Crippen molar-refractivity contribution in [1.29, 1.82) is 0 Å². The highest BCUT2D eigenvalue weighted by Crippen LogP contribution is 2.22. The normalized spacial score (nSPS) is 11.1. The smallest absolute Gasteiger partial charge is 0.303 e. The van der Waals surface area contributed by atoms with E-state index in [0.717, 1.165) is 0 Å². The molecule has 0 unspecified atom stereocenters. The van der Waals surface area contributed by atoms with Gasteiger partial charge in [0.2, 0.25) is 5.78 Å². The molecule has 0 aliphatic rings. The Hall–Kier alpha value is -1.23. The zero-order valence-electron chi connectivity index (χ0n) is 9.71. The molecule has 1 rings (SSSR count). The first-order chi connectivity index (χ1) is 7.74. The number of benzene rings is 1. The Balaban J connectivity index is 3.11. The maximum atomic E-state index is 13.5. The number of ketones is 1. The SMILES string of the molecule is CC(=O)OC(C)(C)C(=O)c1cc(Br)ccc1F. The van der Waals surface area contributed by atoms with Gasteiger partial charge in [0.05, 0.1) is 5.56 Å². The molecule has 0 fully saturated rings. The summed E-state index contributed by atoms with van der Waals surface area (Å²) >= 11 is 3.16. The lowest BCUT2D eigenvalue weighted by molar-refractivity contribution is -0.149. The van der Waals surface area contributed by atoms with Crippen molar-refractivity contribution in [2.45, 2.75) is 26.4 Å². The molecule has 0 aromatic heterocycles. The Morgan fingerprint density at radius 2 is 1.94 bits per heavy atom. The van der Waals surface area contributed by atoms with Crippen molar-refractivity contribution in [3.63, 3.8) is 0 Å². The van der Waals surface area contributed by atoms with Crippen molar-refractivity contribution in [3.8, 4) is 0 Å². The van der Waals surface area contributed by atoms with Crippen LogP contribution in [-0.2, 0) is 9.53 Å². The third-order valence-corrected chi connectivity index (χ3v) is 2.61. The second-order valence-electron chi connectivity index (χ2n) is 4.06. The van der Waals surface area contributed by atoms with Crippen LogP contribution in [0.1, 0.15) is 31.1 Å². The van der Waals surface area contributed by atoms with Gasteiger partial charge in [-0.1, -0.05) is 15.9 Å². The van der Waals surface area contributed by atoms with Gasteiger partial charge in [0.1, 0.15) is 5.82 Å². The van der Waals surface area contributed by atoms with E-state index in [1.807, 2.05) is 0 Å². The molecule has 17 heavy (non-hydrogen) atoms. The lowest BCUT2D eigenvalue weighted by atomic mass is 9.96. The largest absolute Gasteiger partial charge is 0.451 e. The summed E-state index contributed by atoms with van der Waals surface area (Å²) in [4.78, 5) is 22.9. The minimum Gasteiger partial charge on any atom is -0.451 e. The fourth-order valence-electron chi connectivity index (χ4n) is 1.40. The first kappa shape index (κ1) is 13.8. The van der Waals surface area contributed by atoms with E-state index < -0.39 is 23.2 Å². The van der Waals surface area contributed by atoms with E-state index in [4.69, 9.17) is 4.74 Å². The first-order valence-corrected chi connectivity index (χ1v) is 5.73. The first-order valence-electron chi connectivity index (χ1n) is 4.93. The quantitative estimate of drug-likeness (QED) is 0.636. The van der Waals surface area contributed by atoms with Gasteiger partial charge in [-0.3, -0.25) is 9.59 Å². The highest BCUT2D eigenvalue weighted by atomic mass is 79.9. The van der Waals surface area contributed by atoms with E-state index in [2.05, 4.69) is 15.9 Å². The molecule has 5 heteroatoms. The van der Waals surface area contributed by atoms with E-state index >= 15 is 0 Å². The fraction of sp³-hybridized carbons (Fsp3) is 0.333. The van der Waals surface area contributed by atoms with Gasteiger partial charge in [0, 0.05) is 11.4 Å². The molecule has 92 valence electrons. The van der Waals surface area contributed by atoms with Crippen molar-refractivity contribution in [2.24, 2.45) is 0 Å². The van der Waals surface area contributed by atoms with E-state index in [1.165, 1.54) is 39.0 Å². The topological polar surface area (TPSA) is 43.4 Å². The van der Waals surface area contributed by atoms with Gasteiger partial charge in [-0.25, -0.2) is 4.39 Å². The average Bonchev–Trinajstić information content (AvgIpc) is 2.18. The van der Waals surface area contributed by atoms with Crippen LogP contribution >= 0.6 is 15.9 Å². The van der Waals surface area contributed by atoms with Crippen LogP contribution in [0, 0.1) is 5.82 Å². The van der Waals surface area contributed by atoms with Crippen LogP contribution in [-0.4, -0.2) is 17.4 Å². The Morgan fingerprint density at radius 1 is 1.35 bits per heavy atom. The molecule has 0 heterocycles. The molecular formula is C12H12BrFO3. The van der Waals surface area contributed by atoms with Crippen LogP contribution in [0.25, 0.3) is 0 Å². The van der Waals surface area contributed by atoms with Crippen molar-refractivity contribution in [1.82, 2.24) is 0 Å². The van der Waals surface area contributed by atoms with E-state index in [9.17, 15) is 14.0 Å². The zero-order chi connectivity index (χ0) is 13.2. The molecular weight excluding hydrogens is 291 g/mol. The van der Waals surface area contributed by atoms with Gasteiger partial charge < -0.3 is 4.74 Å². The van der Waals surface area contributed by atoms with Gasteiger partial charge in [0.15, 0.2) is 5.60 Å². The highest BCUT2D eigenvalue weighted by molar-refractivity contribution is 9.10. The van der Waals surface area contributed by atoms with Crippen molar-refractivity contribution < 1.29 is 18.7 Å². The van der Waals surface area contributed by atoms with Crippen molar-refractivity contribution >= 4 is 27.7 Å². The van der Waals surface area contributed by atoms with Crippen LogP contribution in [0.4, 0.5) is 4.39 Å². The summed E-state index contributed by atoms with van der Waals surface area (Å²) < 4.78 is 19.0. The van der Waals surface area contributed by atoms with Crippen molar-refractivity contribution in [3.05, 3.63) is 34.1 Å². The van der Waals surface area contributed by atoms with E-state index in [1.54, 1.807) is 0 Å². The molecule has 1 aromatic carbocycles. The summed E-state index contributed by atoms with van der Waals surface area (Å²) in [7, 11) is 0. The van der Waals surface area contributed by atoms with Crippen LogP contribution in [0.15, 0.2) is 22.7 Å². The molecule has 1 aromatic rings. The summed E-state index contributed by atoms with van der Waals surface area (Å²) in [5.74, 6) is -1.80. The third kappa shape index (κ3) is 3.36. The fourth-order valence-corrected chi connectivity index (χ4v) is 1.76. The van der Waals surface area contributed by atoms with E-state index in [0.29, 0.717) is 4.47 Å². The number of esters is 1. The van der Waals surface area contributed by atoms with Crippen molar-refractivity contribution in [2.75, 3.05) is 0 Å². The van der Waals surface area contributed by atoms with E-state index in [-0.39, 0.29) is 5.56 Å². The lowest BCUT2D eigenvalue weighted by Gasteiger charge is -2.23. The Kier molecular flexibility index (Phi) is 4.03. The predicted molar refractivity (Wildman–Crippen MR) is 64.3 cm³/mol. The van der Waals surface area contributed by atoms with Gasteiger partial charge in [-0.15, -0.1) is 0 Å². The third-order valence-electron chi connectivity index (χ3n) is 2.12. The monoisotopic (exact) mass is 302 g/mol. The Morgan fingerprint density at radius 3 is 2.47 bits per heavy atom. The molecule has 3 nitrogen and oxygen atoms in total. The second-order valence-corrected chi connectivity index (χ2v) is 4.97. The summed E-state index contributed by atoms with van der Waals surface area (Å²) in [5, 5.41) is 0. The molecule has 0 saturated carbocycles. The molecule has 0 aliphatic heterocycles. The summed E-state index contributed by atoms with van der Waals surface area (Å²) in [6.45, 7) is 4.06. The Bertz CT molecular complexity index is 469. The minimum atomic E-state index is -1.38. The maximum Gasteiger partial charge on any atom is 0.303 e. The number of carbonyl (C=O) groups excluding carboxylic acids is 2. The number of hydrogen-bond donors (Lipinski definition) is 0. The molecule has 0 bridgehead atoms. The summed E-state index contributed by atoms with van der Waals surface area (Å²) in [5.41, 5.74) is -1.49. The van der Waals surface area contributed by atoms with Crippen LogP contribution in [0.2, 0.25) is 0 Å². The van der Waals surface area contributed by atoms with Crippen LogP contribution in [0.3, 0.4) is 0 Å². The molecule has 0 spiro atoms. The molecule has 0 amide bonds. The van der Waals surface area contributed by atoms with Gasteiger partial charge in [0.25, 0.3) is 0 Å². The number of hydrogen-bond acceptors (Lipinski definition) is 3. The summed E-state index contributed by atoms with van der Waals surface area (Å²) in [6.07, 6.45) is 0. The predicted octanol–water partition coefficient (Wildman–Crippen LogP) is 3.11. The number of halogens is 2. The van der Waals surface area contributed by atoms with Gasteiger partial charge in [-0.2, -0.15) is 0 Å². The van der Waals surface area contributed by atoms with Gasteiger partial charge >= 0.3 is 5.97 Å². The minimum absolute atomic E-state index is 0.106. The maximum absolute atomic E-state index is 13.5. The lowest BCUT2D eigenvalue weighted by Crippen LogP contribution is -2.37. The number of ether oxygens (including phenoxy) is 1. The molecule has 0 aliphatic carbocycles. The number of rotatable bonds is 3. The molecule has 0 N–H and O–H groups in total. The van der Waals surface area contributed by atoms with Crippen LogP contribution < -0.4 is 0 Å².